The highest BCUT2D eigenvalue weighted by molar-refractivity contribution is 6.30. The van der Waals surface area contributed by atoms with Crippen LogP contribution in [-0.2, 0) is 11.0 Å². The van der Waals surface area contributed by atoms with Gasteiger partial charge in [-0.05, 0) is 37.3 Å². The minimum Gasteiger partial charge on any atom is -0.496 e. The lowest BCUT2D eigenvalue weighted by atomic mass is 9.94. The molecule has 0 aliphatic carbocycles. The van der Waals surface area contributed by atoms with Gasteiger partial charge >= 0.3 is 6.18 Å². The number of carbonyl (C=O) groups is 1. The summed E-state index contributed by atoms with van der Waals surface area (Å²) in [6, 6.07) is 12.2. The van der Waals surface area contributed by atoms with E-state index in [0.29, 0.717) is 27.7 Å². The van der Waals surface area contributed by atoms with E-state index in [2.05, 4.69) is 20.7 Å². The second-order valence-electron chi connectivity index (χ2n) is 6.97. The fraction of sp³-hybridized carbons (Fsp3) is 0.190. The van der Waals surface area contributed by atoms with Crippen LogP contribution in [0.3, 0.4) is 0 Å². The second-order valence-corrected chi connectivity index (χ2v) is 7.41. The predicted molar refractivity (Wildman–Crippen MR) is 113 cm³/mol. The average Bonchev–Trinajstić information content (AvgIpc) is 3.18. The summed E-state index contributed by atoms with van der Waals surface area (Å²) in [5, 5.41) is 9.68. The summed E-state index contributed by atoms with van der Waals surface area (Å²) in [6.07, 6.45) is -4.75. The van der Waals surface area contributed by atoms with Crippen molar-refractivity contribution in [2.24, 2.45) is 0 Å². The Balaban J connectivity index is 1.84. The molecule has 7 nitrogen and oxygen atoms in total. The van der Waals surface area contributed by atoms with Crippen molar-refractivity contribution in [2.45, 2.75) is 19.1 Å². The van der Waals surface area contributed by atoms with Gasteiger partial charge < -0.3 is 15.4 Å². The highest BCUT2D eigenvalue weighted by Crippen LogP contribution is 2.40. The first-order chi connectivity index (χ1) is 15.2. The van der Waals surface area contributed by atoms with E-state index in [4.69, 9.17) is 16.3 Å². The number of hydrogen-bond acceptors (Lipinski definition) is 5. The van der Waals surface area contributed by atoms with Crippen LogP contribution in [0.25, 0.3) is 0 Å². The largest absolute Gasteiger partial charge is 0.496 e. The third-order valence-corrected chi connectivity index (χ3v) is 5.14. The van der Waals surface area contributed by atoms with Crippen LogP contribution in [0, 0.1) is 0 Å². The van der Waals surface area contributed by atoms with Gasteiger partial charge in [0.1, 0.15) is 11.8 Å². The quantitative estimate of drug-likeness (QED) is 0.576. The van der Waals surface area contributed by atoms with Crippen LogP contribution in [0.5, 0.6) is 5.75 Å². The molecule has 2 N–H and O–H groups in total. The molecule has 0 saturated heterocycles. The maximum Gasteiger partial charge on any atom is 0.453 e. The number of benzene rings is 2. The van der Waals surface area contributed by atoms with Crippen molar-refractivity contribution < 1.29 is 22.7 Å². The van der Waals surface area contributed by atoms with Gasteiger partial charge in [0.05, 0.1) is 12.7 Å². The van der Waals surface area contributed by atoms with E-state index in [1.165, 1.54) is 7.11 Å². The maximum atomic E-state index is 13.3. The zero-order valence-electron chi connectivity index (χ0n) is 16.9. The van der Waals surface area contributed by atoms with Gasteiger partial charge in [0.2, 0.25) is 5.95 Å². The first-order valence-electron chi connectivity index (χ1n) is 9.40. The summed E-state index contributed by atoms with van der Waals surface area (Å²) in [5.74, 6) is -1.58. The van der Waals surface area contributed by atoms with Crippen molar-refractivity contribution in [3.05, 3.63) is 76.2 Å². The van der Waals surface area contributed by atoms with Crippen LogP contribution in [0.4, 0.5) is 24.8 Å². The average molecular weight is 464 g/mol. The van der Waals surface area contributed by atoms with E-state index in [1.807, 2.05) is 0 Å². The SMILES string of the molecule is COc1ccccc1[C@H]1C(C(=O)Nc2ccc(Cl)cc2)=C(C)Nc2nc(C(F)(F)F)nn21. The van der Waals surface area contributed by atoms with Gasteiger partial charge in [-0.2, -0.15) is 18.2 Å². The van der Waals surface area contributed by atoms with E-state index >= 15 is 0 Å². The van der Waals surface area contributed by atoms with Crippen molar-refractivity contribution in [1.82, 2.24) is 14.8 Å². The van der Waals surface area contributed by atoms with Crippen molar-refractivity contribution in [1.29, 1.82) is 0 Å². The Kier molecular flexibility index (Phi) is 5.55. The van der Waals surface area contributed by atoms with E-state index < -0.39 is 23.9 Å². The molecule has 166 valence electrons. The molecule has 0 saturated carbocycles. The molecule has 2 aromatic carbocycles. The number of halogens is 4. The standard InChI is InChI=1S/C21H17ClF3N5O2/c1-11-16(18(31)27-13-9-7-12(22)8-10-13)17(14-5-3-4-6-15(14)32-2)30-20(26-11)28-19(29-30)21(23,24)25/h3-10,17H,1-2H3,(H,27,31)(H,26,28,29)/t17-/m0/s1. The zero-order valence-corrected chi connectivity index (χ0v) is 17.6. The Labute approximate surface area is 185 Å². The zero-order chi connectivity index (χ0) is 23.0. The number of alkyl halides is 3. The molecule has 1 aliphatic rings. The Morgan fingerprint density at radius 3 is 2.53 bits per heavy atom. The Hall–Kier alpha value is -3.53. The minimum absolute atomic E-state index is 0.131. The predicted octanol–water partition coefficient (Wildman–Crippen LogP) is 4.89. The number of aromatic nitrogens is 3. The first kappa shape index (κ1) is 21.7. The summed E-state index contributed by atoms with van der Waals surface area (Å²) < 4.78 is 46.4. The van der Waals surface area contributed by atoms with E-state index in [-0.39, 0.29) is 11.5 Å². The van der Waals surface area contributed by atoms with E-state index in [0.717, 1.165) is 4.68 Å². The lowest BCUT2D eigenvalue weighted by Crippen LogP contribution is -2.31. The van der Waals surface area contributed by atoms with Crippen molar-refractivity contribution in [2.75, 3.05) is 17.7 Å². The number of rotatable bonds is 4. The normalized spacial score (nSPS) is 15.8. The number of para-hydroxylation sites is 1. The van der Waals surface area contributed by atoms with Gasteiger partial charge in [-0.15, -0.1) is 5.10 Å². The van der Waals surface area contributed by atoms with E-state index in [9.17, 15) is 18.0 Å². The number of nitrogens with one attached hydrogen (secondary N) is 2. The minimum atomic E-state index is -4.75. The summed E-state index contributed by atoms with van der Waals surface area (Å²) in [4.78, 5) is 16.9. The molecule has 1 aromatic heterocycles. The molecule has 2 heterocycles. The molecule has 11 heteroatoms. The van der Waals surface area contributed by atoms with Crippen molar-refractivity contribution in [3.8, 4) is 5.75 Å². The summed E-state index contributed by atoms with van der Waals surface area (Å²) >= 11 is 5.90. The van der Waals surface area contributed by atoms with Gasteiger partial charge in [0, 0.05) is 22.0 Å². The van der Waals surface area contributed by atoms with Crippen LogP contribution in [0.2, 0.25) is 5.02 Å². The lowest BCUT2D eigenvalue weighted by molar-refractivity contribution is -0.145. The Morgan fingerprint density at radius 2 is 1.88 bits per heavy atom. The molecule has 1 aliphatic heterocycles. The molecule has 0 fully saturated rings. The van der Waals surface area contributed by atoms with Crippen LogP contribution in [-0.4, -0.2) is 27.8 Å². The molecule has 0 bridgehead atoms. The van der Waals surface area contributed by atoms with Crippen molar-refractivity contribution >= 4 is 29.1 Å². The molecule has 0 spiro atoms. The van der Waals surface area contributed by atoms with Crippen LogP contribution in [0.15, 0.2) is 59.8 Å². The highest BCUT2D eigenvalue weighted by Gasteiger charge is 2.41. The van der Waals surface area contributed by atoms with Crippen LogP contribution >= 0.6 is 11.6 Å². The van der Waals surface area contributed by atoms with Crippen LogP contribution < -0.4 is 15.4 Å². The van der Waals surface area contributed by atoms with Gasteiger partial charge in [0.15, 0.2) is 0 Å². The van der Waals surface area contributed by atoms with Gasteiger partial charge in [-0.1, -0.05) is 29.8 Å². The molecule has 4 rings (SSSR count). The Bertz CT molecular complexity index is 1200. The Morgan fingerprint density at radius 1 is 1.19 bits per heavy atom. The molecule has 0 unspecified atom stereocenters. The molecule has 32 heavy (non-hydrogen) atoms. The number of methoxy groups -OCH3 is 1. The van der Waals surface area contributed by atoms with Crippen molar-refractivity contribution in [3.63, 3.8) is 0 Å². The summed E-state index contributed by atoms with van der Waals surface area (Å²) in [6.45, 7) is 1.59. The van der Waals surface area contributed by atoms with Gasteiger partial charge in [-0.25, -0.2) is 4.68 Å². The smallest absolute Gasteiger partial charge is 0.453 e. The van der Waals surface area contributed by atoms with Crippen LogP contribution in [0.1, 0.15) is 24.4 Å². The number of ether oxygens (including phenoxy) is 1. The third kappa shape index (κ3) is 4.01. The molecular formula is C21H17ClF3N5O2. The van der Waals surface area contributed by atoms with Gasteiger partial charge in [-0.3, -0.25) is 4.79 Å². The first-order valence-corrected chi connectivity index (χ1v) is 9.78. The fourth-order valence-electron chi connectivity index (χ4n) is 3.48. The number of nitrogens with zero attached hydrogens (tertiary/aromatic N) is 3. The number of fused-ring (bicyclic) bond motifs is 1. The maximum absolute atomic E-state index is 13.3. The number of amides is 1. The fourth-order valence-corrected chi connectivity index (χ4v) is 3.60. The second kappa shape index (κ2) is 8.19. The monoisotopic (exact) mass is 463 g/mol. The molecule has 3 aromatic rings. The third-order valence-electron chi connectivity index (χ3n) is 4.89. The number of carbonyl (C=O) groups excluding carboxylic acids is 1. The number of anilines is 2. The molecule has 1 atom stereocenters. The highest BCUT2D eigenvalue weighted by atomic mass is 35.5. The molecular weight excluding hydrogens is 447 g/mol. The number of hydrogen-bond donors (Lipinski definition) is 2. The number of allylic oxidation sites excluding steroid dienone is 1. The molecule has 0 radical (unpaired) electrons. The molecule has 1 amide bonds. The topological polar surface area (TPSA) is 81.1 Å². The lowest BCUT2D eigenvalue weighted by Gasteiger charge is -2.29. The van der Waals surface area contributed by atoms with E-state index in [1.54, 1.807) is 55.5 Å². The summed E-state index contributed by atoms with van der Waals surface area (Å²) in [7, 11) is 1.44. The summed E-state index contributed by atoms with van der Waals surface area (Å²) in [5.41, 5.74) is 1.42. The van der Waals surface area contributed by atoms with Gasteiger partial charge in [0.25, 0.3) is 11.7 Å².